The molecule has 2 rings (SSSR count). The van der Waals surface area contributed by atoms with Crippen LogP contribution in [0.2, 0.25) is 0 Å². The van der Waals surface area contributed by atoms with E-state index in [1.807, 2.05) is 0 Å². The maximum atomic E-state index is 13.1. The van der Waals surface area contributed by atoms with E-state index in [4.69, 9.17) is 4.74 Å². The number of hydrogen-bond acceptors (Lipinski definition) is 2. The summed E-state index contributed by atoms with van der Waals surface area (Å²) in [6, 6.07) is 13.1. The summed E-state index contributed by atoms with van der Waals surface area (Å²) in [6.07, 6.45) is -4.34. The summed E-state index contributed by atoms with van der Waals surface area (Å²) in [5.74, 6) is 0.675. The fraction of sp³-hybridized carbons (Fsp3) is 0.250. The number of nitrogens with one attached hydrogen (secondary N) is 1. The van der Waals surface area contributed by atoms with Crippen LogP contribution in [0.25, 0.3) is 0 Å². The molecule has 0 spiro atoms. The fourth-order valence-electron chi connectivity index (χ4n) is 2.03. The summed E-state index contributed by atoms with van der Waals surface area (Å²) in [4.78, 5) is 0. The molecule has 0 aromatic heterocycles. The Morgan fingerprint density at radius 1 is 1.00 bits per heavy atom. The molecule has 0 bridgehead atoms. The van der Waals surface area contributed by atoms with Crippen molar-refractivity contribution in [1.29, 1.82) is 0 Å². The van der Waals surface area contributed by atoms with Crippen LogP contribution >= 0.6 is 0 Å². The minimum atomic E-state index is -4.34. The van der Waals surface area contributed by atoms with E-state index in [2.05, 4.69) is 5.32 Å². The van der Waals surface area contributed by atoms with Gasteiger partial charge in [-0.25, -0.2) is 0 Å². The lowest BCUT2D eigenvalue weighted by Crippen LogP contribution is -2.33. The van der Waals surface area contributed by atoms with Gasteiger partial charge in [-0.3, -0.25) is 5.32 Å². The maximum absolute atomic E-state index is 13.1. The van der Waals surface area contributed by atoms with Gasteiger partial charge >= 0.3 is 6.18 Å². The van der Waals surface area contributed by atoms with Crippen molar-refractivity contribution in [1.82, 2.24) is 5.32 Å². The summed E-state index contributed by atoms with van der Waals surface area (Å²) in [5.41, 5.74) is 0.972. The zero-order valence-corrected chi connectivity index (χ0v) is 11.5. The number of halogens is 3. The van der Waals surface area contributed by atoms with Gasteiger partial charge < -0.3 is 4.74 Å². The van der Waals surface area contributed by atoms with Crippen LogP contribution in [0.5, 0.6) is 5.75 Å². The molecule has 1 N–H and O–H groups in total. The van der Waals surface area contributed by atoms with Gasteiger partial charge in [0.05, 0.1) is 7.11 Å². The summed E-state index contributed by atoms with van der Waals surface area (Å²) in [5, 5.41) is 2.56. The Morgan fingerprint density at radius 3 is 2.14 bits per heavy atom. The van der Waals surface area contributed by atoms with Gasteiger partial charge in [0, 0.05) is 6.54 Å². The summed E-state index contributed by atoms with van der Waals surface area (Å²) < 4.78 is 44.5. The summed E-state index contributed by atoms with van der Waals surface area (Å²) in [6.45, 7) is 0.128. The maximum Gasteiger partial charge on any atom is 0.407 e. The van der Waals surface area contributed by atoms with Gasteiger partial charge in [0.2, 0.25) is 0 Å². The van der Waals surface area contributed by atoms with Crippen molar-refractivity contribution >= 4 is 0 Å². The van der Waals surface area contributed by atoms with Crippen LogP contribution < -0.4 is 10.1 Å². The second-order valence-electron chi connectivity index (χ2n) is 4.61. The third-order valence-electron chi connectivity index (χ3n) is 3.13. The molecular weight excluding hydrogens is 279 g/mol. The molecule has 2 aromatic rings. The standard InChI is InChI=1S/C16H16F3NO/c1-21-14-9-7-12(8-10-14)11-20-15(16(17,18)19)13-5-3-2-4-6-13/h2-10,15,20H,11H2,1H3/t15-/m1/s1. The third kappa shape index (κ3) is 4.23. The zero-order valence-electron chi connectivity index (χ0n) is 11.5. The Kier molecular flexibility index (Phi) is 4.85. The first-order valence-corrected chi connectivity index (χ1v) is 6.48. The summed E-state index contributed by atoms with van der Waals surface area (Å²) in [7, 11) is 1.54. The van der Waals surface area contributed by atoms with Gasteiger partial charge in [-0.05, 0) is 23.3 Å². The molecule has 0 amide bonds. The smallest absolute Gasteiger partial charge is 0.407 e. The van der Waals surface area contributed by atoms with Crippen LogP contribution in [-0.4, -0.2) is 13.3 Å². The lowest BCUT2D eigenvalue weighted by atomic mass is 10.1. The first-order chi connectivity index (χ1) is 10.0. The molecule has 0 unspecified atom stereocenters. The Labute approximate surface area is 121 Å². The predicted molar refractivity (Wildman–Crippen MR) is 75.1 cm³/mol. The highest BCUT2D eigenvalue weighted by atomic mass is 19.4. The number of benzene rings is 2. The van der Waals surface area contributed by atoms with E-state index in [1.54, 1.807) is 49.6 Å². The molecule has 112 valence electrons. The topological polar surface area (TPSA) is 21.3 Å². The van der Waals surface area contributed by atoms with Gasteiger partial charge in [0.25, 0.3) is 0 Å². The van der Waals surface area contributed by atoms with Gasteiger partial charge in [0.15, 0.2) is 0 Å². The molecular formula is C16H16F3NO. The minimum absolute atomic E-state index is 0.128. The van der Waals surface area contributed by atoms with E-state index in [0.717, 1.165) is 5.56 Å². The first-order valence-electron chi connectivity index (χ1n) is 6.48. The van der Waals surface area contributed by atoms with E-state index in [9.17, 15) is 13.2 Å². The molecule has 2 aromatic carbocycles. The Bertz CT molecular complexity index is 552. The number of ether oxygens (including phenoxy) is 1. The summed E-state index contributed by atoms with van der Waals surface area (Å²) >= 11 is 0. The molecule has 0 aliphatic carbocycles. The molecule has 21 heavy (non-hydrogen) atoms. The van der Waals surface area contributed by atoms with Gasteiger partial charge in [0.1, 0.15) is 11.8 Å². The van der Waals surface area contributed by atoms with Gasteiger partial charge in [-0.15, -0.1) is 0 Å². The molecule has 0 saturated heterocycles. The van der Waals surface area contributed by atoms with Gasteiger partial charge in [-0.1, -0.05) is 42.5 Å². The largest absolute Gasteiger partial charge is 0.497 e. The van der Waals surface area contributed by atoms with Crippen LogP contribution in [0.4, 0.5) is 13.2 Å². The lowest BCUT2D eigenvalue weighted by molar-refractivity contribution is -0.158. The number of alkyl halides is 3. The SMILES string of the molecule is COc1ccc(CN[C@H](c2ccccc2)C(F)(F)F)cc1. The second-order valence-corrected chi connectivity index (χ2v) is 4.61. The van der Waals surface area contributed by atoms with Gasteiger partial charge in [-0.2, -0.15) is 13.2 Å². The normalized spacial score (nSPS) is 13.0. The van der Waals surface area contributed by atoms with Crippen molar-refractivity contribution in [3.05, 3.63) is 65.7 Å². The molecule has 1 atom stereocenters. The predicted octanol–water partition coefficient (Wildman–Crippen LogP) is 4.09. The van der Waals surface area contributed by atoms with Crippen LogP contribution in [0, 0.1) is 0 Å². The van der Waals surface area contributed by atoms with Crippen molar-refractivity contribution < 1.29 is 17.9 Å². The average molecular weight is 295 g/mol. The number of methoxy groups -OCH3 is 1. The van der Waals surface area contributed by atoms with E-state index < -0.39 is 12.2 Å². The second kappa shape index (κ2) is 6.63. The Balaban J connectivity index is 2.09. The highest BCUT2D eigenvalue weighted by Gasteiger charge is 2.40. The minimum Gasteiger partial charge on any atom is -0.497 e. The number of hydrogen-bond donors (Lipinski definition) is 1. The highest BCUT2D eigenvalue weighted by molar-refractivity contribution is 5.27. The van der Waals surface area contributed by atoms with Crippen LogP contribution in [-0.2, 0) is 6.54 Å². The van der Waals surface area contributed by atoms with Crippen LogP contribution in [0.15, 0.2) is 54.6 Å². The fourth-order valence-corrected chi connectivity index (χ4v) is 2.03. The van der Waals surface area contributed by atoms with E-state index in [1.165, 1.54) is 12.1 Å². The van der Waals surface area contributed by atoms with E-state index >= 15 is 0 Å². The molecule has 0 saturated carbocycles. The van der Waals surface area contributed by atoms with Crippen molar-refractivity contribution in [2.45, 2.75) is 18.8 Å². The van der Waals surface area contributed by atoms with E-state index in [0.29, 0.717) is 5.75 Å². The monoisotopic (exact) mass is 295 g/mol. The zero-order chi connectivity index (χ0) is 15.3. The molecule has 2 nitrogen and oxygen atoms in total. The molecule has 0 fully saturated rings. The van der Waals surface area contributed by atoms with E-state index in [-0.39, 0.29) is 12.1 Å². The molecule has 0 heterocycles. The third-order valence-corrected chi connectivity index (χ3v) is 3.13. The van der Waals surface area contributed by atoms with Crippen molar-refractivity contribution in [2.75, 3.05) is 7.11 Å². The lowest BCUT2D eigenvalue weighted by Gasteiger charge is -2.22. The Morgan fingerprint density at radius 2 is 1.62 bits per heavy atom. The quantitative estimate of drug-likeness (QED) is 0.897. The van der Waals surface area contributed by atoms with Crippen LogP contribution in [0.1, 0.15) is 17.2 Å². The van der Waals surface area contributed by atoms with Crippen molar-refractivity contribution in [2.24, 2.45) is 0 Å². The molecule has 5 heteroatoms. The van der Waals surface area contributed by atoms with Crippen molar-refractivity contribution in [3.63, 3.8) is 0 Å². The Hall–Kier alpha value is -2.01. The molecule has 0 aliphatic heterocycles. The van der Waals surface area contributed by atoms with Crippen LogP contribution in [0.3, 0.4) is 0 Å². The molecule has 0 radical (unpaired) electrons. The molecule has 0 aliphatic rings. The highest BCUT2D eigenvalue weighted by Crippen LogP contribution is 2.32. The first kappa shape index (κ1) is 15.4. The number of rotatable bonds is 5. The van der Waals surface area contributed by atoms with Crippen molar-refractivity contribution in [3.8, 4) is 5.75 Å². The average Bonchev–Trinajstić information content (AvgIpc) is 2.48.